The molecule has 1 heterocycles. The second kappa shape index (κ2) is 5.08. The van der Waals surface area contributed by atoms with E-state index in [9.17, 15) is 0 Å². The summed E-state index contributed by atoms with van der Waals surface area (Å²) in [4.78, 5) is 0. The maximum absolute atomic E-state index is 6.34. The lowest BCUT2D eigenvalue weighted by atomic mass is 9.81. The molecule has 0 saturated heterocycles. The largest absolute Gasteiger partial charge is 0.383 e. The quantitative estimate of drug-likeness (QED) is 0.905. The van der Waals surface area contributed by atoms with Crippen molar-refractivity contribution in [2.45, 2.75) is 44.9 Å². The fourth-order valence-electron chi connectivity index (χ4n) is 2.76. The zero-order valence-electron chi connectivity index (χ0n) is 11.5. The molecule has 0 atom stereocenters. The second-order valence-electron chi connectivity index (χ2n) is 5.37. The van der Waals surface area contributed by atoms with E-state index in [1.54, 1.807) is 0 Å². The van der Waals surface area contributed by atoms with E-state index in [-0.39, 0.29) is 0 Å². The number of anilines is 1. The Morgan fingerprint density at radius 1 is 1.26 bits per heavy atom. The highest BCUT2D eigenvalue weighted by Gasteiger charge is 2.27. The van der Waals surface area contributed by atoms with Crippen LogP contribution in [-0.2, 0) is 6.42 Å². The maximum atomic E-state index is 6.34. The zero-order chi connectivity index (χ0) is 13.2. The molecule has 1 aliphatic rings. The molecule has 1 aromatic carbocycles. The van der Waals surface area contributed by atoms with Crippen LogP contribution >= 0.6 is 0 Å². The predicted molar refractivity (Wildman–Crippen MR) is 78.6 cm³/mol. The van der Waals surface area contributed by atoms with Crippen molar-refractivity contribution < 1.29 is 0 Å². The number of para-hydroxylation sites is 1. The van der Waals surface area contributed by atoms with Crippen LogP contribution in [0.2, 0.25) is 0 Å². The summed E-state index contributed by atoms with van der Waals surface area (Å²) < 4.78 is 1.92. The highest BCUT2D eigenvalue weighted by molar-refractivity contribution is 5.51. The van der Waals surface area contributed by atoms with Crippen molar-refractivity contribution in [1.29, 1.82) is 0 Å². The Kier molecular flexibility index (Phi) is 3.28. The minimum Gasteiger partial charge on any atom is -0.383 e. The molecule has 0 amide bonds. The normalized spacial score (nSPS) is 15.4. The fraction of sp³-hybridized carbons (Fsp3) is 0.438. The molecule has 2 N–H and O–H groups in total. The van der Waals surface area contributed by atoms with Crippen molar-refractivity contribution in [2.24, 2.45) is 0 Å². The summed E-state index contributed by atoms with van der Waals surface area (Å²) in [7, 11) is 0. The van der Waals surface area contributed by atoms with Crippen molar-refractivity contribution in [3.63, 3.8) is 0 Å². The van der Waals surface area contributed by atoms with Crippen molar-refractivity contribution in [3.8, 4) is 5.69 Å². The van der Waals surface area contributed by atoms with E-state index in [1.165, 1.54) is 30.5 Å². The molecule has 1 aliphatic carbocycles. The average molecular weight is 255 g/mol. The van der Waals surface area contributed by atoms with Crippen LogP contribution in [0, 0.1) is 0 Å². The van der Waals surface area contributed by atoms with E-state index in [1.807, 2.05) is 22.9 Å². The minimum atomic E-state index is 0.633. The number of aromatic nitrogens is 2. The molecule has 0 radical (unpaired) electrons. The Bertz CT molecular complexity index is 553. The number of benzene rings is 1. The molecule has 0 unspecified atom stereocenters. The highest BCUT2D eigenvalue weighted by Crippen LogP contribution is 2.39. The Hall–Kier alpha value is -1.77. The second-order valence-corrected chi connectivity index (χ2v) is 5.37. The Labute approximate surface area is 114 Å². The molecule has 100 valence electrons. The number of hydrogen-bond donors (Lipinski definition) is 1. The van der Waals surface area contributed by atoms with Crippen LogP contribution in [0.5, 0.6) is 0 Å². The van der Waals surface area contributed by atoms with Gasteiger partial charge < -0.3 is 5.73 Å². The smallest absolute Gasteiger partial charge is 0.130 e. The number of nitrogens with two attached hydrogens (primary N) is 1. The average Bonchev–Trinajstić information content (AvgIpc) is 2.68. The van der Waals surface area contributed by atoms with E-state index in [4.69, 9.17) is 10.8 Å². The van der Waals surface area contributed by atoms with E-state index in [0.717, 1.165) is 24.3 Å². The van der Waals surface area contributed by atoms with Crippen molar-refractivity contribution in [2.75, 3.05) is 5.73 Å². The van der Waals surface area contributed by atoms with Crippen molar-refractivity contribution in [3.05, 3.63) is 41.6 Å². The van der Waals surface area contributed by atoms with Crippen molar-refractivity contribution in [1.82, 2.24) is 9.78 Å². The van der Waals surface area contributed by atoms with Gasteiger partial charge in [0.25, 0.3) is 0 Å². The van der Waals surface area contributed by atoms with Gasteiger partial charge in [0, 0.05) is 11.5 Å². The first-order valence-electron chi connectivity index (χ1n) is 7.24. The number of rotatable bonds is 4. The van der Waals surface area contributed by atoms with E-state index >= 15 is 0 Å². The van der Waals surface area contributed by atoms with Gasteiger partial charge in [-0.3, -0.25) is 0 Å². The Balaban J connectivity index is 2.05. The third-order valence-corrected chi connectivity index (χ3v) is 4.05. The van der Waals surface area contributed by atoms with Gasteiger partial charge in [0.2, 0.25) is 0 Å². The molecule has 3 heteroatoms. The van der Waals surface area contributed by atoms with Crippen LogP contribution in [0.15, 0.2) is 30.3 Å². The summed E-state index contributed by atoms with van der Waals surface area (Å²) in [6.07, 6.45) is 6.01. The van der Waals surface area contributed by atoms with Gasteiger partial charge >= 0.3 is 0 Å². The minimum absolute atomic E-state index is 0.633. The lowest BCUT2D eigenvalue weighted by molar-refractivity contribution is 0.406. The van der Waals surface area contributed by atoms with Crippen LogP contribution in [0.3, 0.4) is 0 Å². The van der Waals surface area contributed by atoms with Crippen LogP contribution < -0.4 is 5.73 Å². The summed E-state index contributed by atoms with van der Waals surface area (Å²) in [5.41, 5.74) is 9.92. The Morgan fingerprint density at radius 2 is 2.00 bits per heavy atom. The van der Waals surface area contributed by atoms with Gasteiger partial charge in [-0.05, 0) is 31.4 Å². The van der Waals surface area contributed by atoms with Gasteiger partial charge in [-0.1, -0.05) is 38.0 Å². The van der Waals surface area contributed by atoms with Gasteiger partial charge in [-0.15, -0.1) is 0 Å². The predicted octanol–water partition coefficient (Wildman–Crippen LogP) is 3.67. The van der Waals surface area contributed by atoms with E-state index < -0.39 is 0 Å². The number of nitrogens with zero attached hydrogens (tertiary/aromatic N) is 2. The summed E-state index contributed by atoms with van der Waals surface area (Å²) >= 11 is 0. The van der Waals surface area contributed by atoms with Gasteiger partial charge in [-0.2, -0.15) is 5.10 Å². The third-order valence-electron chi connectivity index (χ3n) is 4.05. The summed E-state index contributed by atoms with van der Waals surface area (Å²) in [6, 6.07) is 10.2. The highest BCUT2D eigenvalue weighted by atomic mass is 15.3. The van der Waals surface area contributed by atoms with Gasteiger partial charge in [0.15, 0.2) is 0 Å². The molecule has 0 bridgehead atoms. The van der Waals surface area contributed by atoms with E-state index in [2.05, 4.69) is 19.1 Å². The molecular formula is C16H21N3. The molecule has 3 nitrogen and oxygen atoms in total. The molecule has 0 aliphatic heterocycles. The molecular weight excluding hydrogens is 234 g/mol. The molecule has 3 rings (SSSR count). The SMILES string of the molecule is CCCc1c(C2CCC2)nn(-c2ccccc2)c1N. The lowest BCUT2D eigenvalue weighted by Gasteiger charge is -2.24. The maximum Gasteiger partial charge on any atom is 0.130 e. The first-order valence-corrected chi connectivity index (χ1v) is 7.24. The first-order chi connectivity index (χ1) is 9.31. The third kappa shape index (κ3) is 2.14. The topological polar surface area (TPSA) is 43.8 Å². The monoisotopic (exact) mass is 255 g/mol. The standard InChI is InChI=1S/C16H21N3/c1-2-7-14-15(12-8-6-9-12)18-19(16(14)17)13-10-4-3-5-11-13/h3-5,10-12H,2,6-9,17H2,1H3. The summed E-state index contributed by atoms with van der Waals surface area (Å²) in [5.74, 6) is 1.46. The molecule has 0 spiro atoms. The summed E-state index contributed by atoms with van der Waals surface area (Å²) in [5, 5.41) is 4.81. The number of hydrogen-bond acceptors (Lipinski definition) is 2. The fourth-order valence-corrected chi connectivity index (χ4v) is 2.76. The van der Waals surface area contributed by atoms with Gasteiger partial charge in [0.05, 0.1) is 11.4 Å². The molecule has 1 fully saturated rings. The van der Waals surface area contributed by atoms with Crippen molar-refractivity contribution >= 4 is 5.82 Å². The van der Waals surface area contributed by atoms with Crippen LogP contribution in [-0.4, -0.2) is 9.78 Å². The van der Waals surface area contributed by atoms with Crippen LogP contribution in [0.25, 0.3) is 5.69 Å². The van der Waals surface area contributed by atoms with Gasteiger partial charge in [0.1, 0.15) is 5.82 Å². The van der Waals surface area contributed by atoms with Gasteiger partial charge in [-0.25, -0.2) is 4.68 Å². The van der Waals surface area contributed by atoms with Crippen LogP contribution in [0.1, 0.15) is 49.8 Å². The zero-order valence-corrected chi connectivity index (χ0v) is 11.5. The van der Waals surface area contributed by atoms with E-state index in [0.29, 0.717) is 5.92 Å². The molecule has 1 saturated carbocycles. The molecule has 1 aromatic heterocycles. The first kappa shape index (κ1) is 12.3. The Morgan fingerprint density at radius 3 is 2.58 bits per heavy atom. The number of nitrogen functional groups attached to an aromatic ring is 1. The summed E-state index contributed by atoms with van der Waals surface area (Å²) in [6.45, 7) is 2.20. The molecule has 2 aromatic rings. The lowest BCUT2D eigenvalue weighted by Crippen LogP contribution is -2.11. The molecule has 19 heavy (non-hydrogen) atoms. The van der Waals surface area contributed by atoms with Crippen LogP contribution in [0.4, 0.5) is 5.82 Å².